The average molecular weight is 99.1 g/mol. The molecule has 0 aromatic rings. The molecule has 0 spiro atoms. The third-order valence-electron chi connectivity index (χ3n) is 0.534. The normalized spacial score (nSPS) is 23.7. The van der Waals surface area contributed by atoms with Gasteiger partial charge in [0.15, 0.2) is 0 Å². The monoisotopic (exact) mass is 99.1 g/mol. The minimum absolute atomic E-state index is 0.889. The molecule has 5 nitrogen and oxygen atoms in total. The van der Waals surface area contributed by atoms with E-state index in [-0.39, 0.29) is 0 Å². The summed E-state index contributed by atoms with van der Waals surface area (Å²) in [7, 11) is 0. The van der Waals surface area contributed by atoms with Gasteiger partial charge in [-0.15, -0.1) is 10.2 Å². The molecule has 0 aliphatic carbocycles. The number of hydrogen-bond acceptors (Lipinski definition) is 5. The molecule has 0 fully saturated rings. The van der Waals surface area contributed by atoms with E-state index in [1.165, 1.54) is 0 Å². The van der Waals surface area contributed by atoms with Crippen LogP contribution in [0.3, 0.4) is 0 Å². The first-order chi connectivity index (χ1) is 3.21. The van der Waals surface area contributed by atoms with E-state index in [1.807, 2.05) is 0 Å². The molecule has 5 heteroatoms. The molecular weight excluding hydrogens is 94.1 g/mol. The largest absolute Gasteiger partial charge is 0.286 e. The molecule has 0 aromatic heterocycles. The summed E-state index contributed by atoms with van der Waals surface area (Å²) in [6, 6.07) is 0. The lowest BCUT2D eigenvalue weighted by molar-refractivity contribution is 0.513. The first-order valence-electron chi connectivity index (χ1n) is 1.84. The predicted molar refractivity (Wildman–Crippen MR) is 22.3 cm³/mol. The summed E-state index contributed by atoms with van der Waals surface area (Å²) in [5, 5.41) is 13.3. The molecule has 1 heterocycles. The summed E-state index contributed by atoms with van der Waals surface area (Å²) in [5.74, 6) is -0.889. The summed E-state index contributed by atoms with van der Waals surface area (Å²) in [6.07, 6.45) is 0. The van der Waals surface area contributed by atoms with E-state index in [4.69, 9.17) is 5.73 Å². The minimum Gasteiger partial charge on any atom is -0.286 e. The van der Waals surface area contributed by atoms with Crippen LogP contribution in [0.5, 0.6) is 0 Å². The van der Waals surface area contributed by atoms with Crippen LogP contribution in [0.2, 0.25) is 0 Å². The van der Waals surface area contributed by atoms with Crippen LogP contribution < -0.4 is 5.73 Å². The maximum atomic E-state index is 5.26. The van der Waals surface area contributed by atoms with Gasteiger partial charge in [-0.2, -0.15) is 0 Å². The van der Waals surface area contributed by atoms with E-state index in [0.29, 0.717) is 0 Å². The molecule has 1 rings (SSSR count). The summed E-state index contributed by atoms with van der Waals surface area (Å²) < 4.78 is 0. The Morgan fingerprint density at radius 3 is 1.86 bits per heavy atom. The van der Waals surface area contributed by atoms with Crippen LogP contribution in [0.15, 0.2) is 20.7 Å². The zero-order valence-corrected chi connectivity index (χ0v) is 3.87. The molecular formula is C2H5N5. The number of nitrogens with zero attached hydrogens (tertiary/aromatic N) is 4. The minimum atomic E-state index is -0.889. The van der Waals surface area contributed by atoms with E-state index < -0.39 is 5.79 Å². The van der Waals surface area contributed by atoms with E-state index in [0.717, 1.165) is 0 Å². The fraction of sp³-hybridized carbons (Fsp3) is 1.00. The highest BCUT2D eigenvalue weighted by atomic mass is 15.6. The Kier molecular flexibility index (Phi) is 0.657. The van der Waals surface area contributed by atoms with Crippen molar-refractivity contribution in [3.05, 3.63) is 0 Å². The Labute approximate surface area is 40.3 Å². The van der Waals surface area contributed by atoms with E-state index >= 15 is 0 Å². The van der Waals surface area contributed by atoms with E-state index in [1.54, 1.807) is 6.92 Å². The molecule has 0 aromatic carbocycles. The van der Waals surface area contributed by atoms with Crippen molar-refractivity contribution < 1.29 is 0 Å². The van der Waals surface area contributed by atoms with Crippen LogP contribution in [0.25, 0.3) is 0 Å². The highest BCUT2D eigenvalue weighted by Gasteiger charge is 2.18. The molecule has 38 valence electrons. The lowest BCUT2D eigenvalue weighted by atomic mass is 10.5. The zero-order valence-electron chi connectivity index (χ0n) is 3.87. The number of rotatable bonds is 0. The second kappa shape index (κ2) is 1.06. The summed E-state index contributed by atoms with van der Waals surface area (Å²) >= 11 is 0. The molecule has 2 N–H and O–H groups in total. The molecule has 0 radical (unpaired) electrons. The van der Waals surface area contributed by atoms with E-state index in [9.17, 15) is 0 Å². The van der Waals surface area contributed by atoms with Gasteiger partial charge in [-0.05, 0) is 17.4 Å². The average Bonchev–Trinajstić information content (AvgIpc) is 1.84. The Morgan fingerprint density at radius 1 is 1.29 bits per heavy atom. The third kappa shape index (κ3) is 0.774. The van der Waals surface area contributed by atoms with Gasteiger partial charge in [0.05, 0.1) is 0 Å². The van der Waals surface area contributed by atoms with Gasteiger partial charge >= 0.3 is 0 Å². The van der Waals surface area contributed by atoms with Crippen LogP contribution in [0, 0.1) is 0 Å². The van der Waals surface area contributed by atoms with Crippen molar-refractivity contribution in [1.29, 1.82) is 0 Å². The highest BCUT2D eigenvalue weighted by molar-refractivity contribution is 4.68. The summed E-state index contributed by atoms with van der Waals surface area (Å²) in [6.45, 7) is 1.62. The van der Waals surface area contributed by atoms with Gasteiger partial charge in [0.1, 0.15) is 0 Å². The molecule has 0 amide bonds. The lowest BCUT2D eigenvalue weighted by Gasteiger charge is -2.00. The van der Waals surface area contributed by atoms with Gasteiger partial charge < -0.3 is 0 Å². The highest BCUT2D eigenvalue weighted by Crippen LogP contribution is 2.10. The lowest BCUT2D eigenvalue weighted by Crippen LogP contribution is -2.28. The Balaban J connectivity index is 2.77. The summed E-state index contributed by atoms with van der Waals surface area (Å²) in [4.78, 5) is 0. The van der Waals surface area contributed by atoms with Gasteiger partial charge in [0.25, 0.3) is 0 Å². The Morgan fingerprint density at radius 2 is 1.71 bits per heavy atom. The maximum absolute atomic E-state index is 5.26. The molecule has 0 unspecified atom stereocenters. The van der Waals surface area contributed by atoms with Crippen molar-refractivity contribution in [3.8, 4) is 0 Å². The first kappa shape index (κ1) is 4.32. The molecule has 0 saturated carbocycles. The van der Waals surface area contributed by atoms with Crippen molar-refractivity contribution in [2.24, 2.45) is 26.4 Å². The number of nitrogens with two attached hydrogens (primary N) is 1. The SMILES string of the molecule is CC1(N)N=NN=N1. The first-order valence-corrected chi connectivity index (χ1v) is 1.84. The maximum Gasteiger partial charge on any atom is 0.241 e. The van der Waals surface area contributed by atoms with Gasteiger partial charge in [0, 0.05) is 0 Å². The van der Waals surface area contributed by atoms with Crippen LogP contribution in [-0.2, 0) is 0 Å². The summed E-state index contributed by atoms with van der Waals surface area (Å²) in [5.41, 5.74) is 5.26. The number of hydrogen-bond donors (Lipinski definition) is 1. The van der Waals surface area contributed by atoms with E-state index in [2.05, 4.69) is 20.7 Å². The molecule has 1 aliphatic rings. The topological polar surface area (TPSA) is 75.5 Å². The fourth-order valence-corrected chi connectivity index (χ4v) is 0.241. The molecule has 1 aliphatic heterocycles. The van der Waals surface area contributed by atoms with Crippen LogP contribution in [0.1, 0.15) is 6.92 Å². The second-order valence-corrected chi connectivity index (χ2v) is 1.47. The fourth-order valence-electron chi connectivity index (χ4n) is 0.241. The van der Waals surface area contributed by atoms with Crippen LogP contribution in [-0.4, -0.2) is 5.79 Å². The van der Waals surface area contributed by atoms with Crippen LogP contribution in [0.4, 0.5) is 0 Å². The van der Waals surface area contributed by atoms with Gasteiger partial charge in [-0.3, -0.25) is 5.73 Å². The Hall–Kier alpha value is -0.840. The molecule has 0 bridgehead atoms. The molecule has 7 heavy (non-hydrogen) atoms. The Bertz CT molecular complexity index is 108. The van der Waals surface area contributed by atoms with Gasteiger partial charge in [-0.1, -0.05) is 0 Å². The zero-order chi connectivity index (χ0) is 5.33. The van der Waals surface area contributed by atoms with Crippen molar-refractivity contribution in [2.45, 2.75) is 12.7 Å². The van der Waals surface area contributed by atoms with Crippen LogP contribution >= 0.6 is 0 Å². The smallest absolute Gasteiger partial charge is 0.241 e. The predicted octanol–water partition coefficient (Wildman–Crippen LogP) is 0.452. The standard InChI is InChI=1S/C2H5N5/c1-2(3)4-6-7-5-2/h3H2,1H3. The quantitative estimate of drug-likeness (QED) is 0.470. The van der Waals surface area contributed by atoms with Crippen molar-refractivity contribution >= 4 is 0 Å². The van der Waals surface area contributed by atoms with Crippen molar-refractivity contribution in [1.82, 2.24) is 0 Å². The second-order valence-electron chi connectivity index (χ2n) is 1.47. The van der Waals surface area contributed by atoms with Gasteiger partial charge in [0.2, 0.25) is 5.79 Å². The molecule has 0 atom stereocenters. The van der Waals surface area contributed by atoms with Crippen molar-refractivity contribution in [3.63, 3.8) is 0 Å². The third-order valence-corrected chi connectivity index (χ3v) is 0.534. The molecule has 0 saturated heterocycles. The van der Waals surface area contributed by atoms with Gasteiger partial charge in [-0.25, -0.2) is 0 Å². The van der Waals surface area contributed by atoms with Crippen molar-refractivity contribution in [2.75, 3.05) is 0 Å².